The fourth-order valence-corrected chi connectivity index (χ4v) is 2.07. The SMILES string of the molecule is C/C(=C\C(=O)O)c1cc2c(Cl)nccc2n1C. The van der Waals surface area contributed by atoms with Crippen molar-refractivity contribution in [2.24, 2.45) is 7.05 Å². The van der Waals surface area contributed by atoms with Gasteiger partial charge in [-0.3, -0.25) is 0 Å². The van der Waals surface area contributed by atoms with Crippen LogP contribution < -0.4 is 0 Å². The summed E-state index contributed by atoms with van der Waals surface area (Å²) in [6, 6.07) is 3.69. The summed E-state index contributed by atoms with van der Waals surface area (Å²) in [6.07, 6.45) is 2.81. The maximum Gasteiger partial charge on any atom is 0.328 e. The summed E-state index contributed by atoms with van der Waals surface area (Å²) >= 11 is 5.99. The van der Waals surface area contributed by atoms with Gasteiger partial charge < -0.3 is 9.67 Å². The van der Waals surface area contributed by atoms with Crippen LogP contribution in [0.3, 0.4) is 0 Å². The molecule has 0 radical (unpaired) electrons. The van der Waals surface area contributed by atoms with E-state index in [1.807, 2.05) is 23.7 Å². The quantitative estimate of drug-likeness (QED) is 0.659. The molecule has 0 aliphatic carbocycles. The predicted octanol–water partition coefficient (Wildman–Crippen LogP) is 2.71. The van der Waals surface area contributed by atoms with Gasteiger partial charge in [-0.15, -0.1) is 0 Å². The van der Waals surface area contributed by atoms with Crippen molar-refractivity contribution in [3.05, 3.63) is 35.3 Å². The summed E-state index contributed by atoms with van der Waals surface area (Å²) in [7, 11) is 1.87. The molecule has 0 aromatic carbocycles. The lowest BCUT2D eigenvalue weighted by Crippen LogP contribution is -1.96. The molecule has 0 fully saturated rings. The minimum Gasteiger partial charge on any atom is -0.478 e. The highest BCUT2D eigenvalue weighted by Crippen LogP contribution is 2.27. The number of hydrogen-bond donors (Lipinski definition) is 1. The number of aryl methyl sites for hydroxylation is 1. The first-order chi connectivity index (χ1) is 8.00. The number of hydrogen-bond acceptors (Lipinski definition) is 2. The number of aliphatic carboxylic acids is 1. The Morgan fingerprint density at radius 3 is 2.88 bits per heavy atom. The second-order valence-corrected chi connectivity index (χ2v) is 4.15. The monoisotopic (exact) mass is 250 g/mol. The molecule has 2 aromatic heterocycles. The first-order valence-corrected chi connectivity index (χ1v) is 5.40. The van der Waals surface area contributed by atoms with Gasteiger partial charge in [0.25, 0.3) is 0 Å². The van der Waals surface area contributed by atoms with Crippen LogP contribution in [0.4, 0.5) is 0 Å². The number of carboxylic acids is 1. The first-order valence-electron chi connectivity index (χ1n) is 5.02. The van der Waals surface area contributed by atoms with Crippen LogP contribution in [-0.4, -0.2) is 20.6 Å². The fourth-order valence-electron chi connectivity index (χ4n) is 1.87. The number of allylic oxidation sites excluding steroid dienone is 1. The Kier molecular flexibility index (Phi) is 2.90. The molecule has 1 N–H and O–H groups in total. The summed E-state index contributed by atoms with van der Waals surface area (Å²) in [4.78, 5) is 14.7. The van der Waals surface area contributed by atoms with Crippen LogP contribution in [0.25, 0.3) is 16.5 Å². The maximum atomic E-state index is 10.7. The van der Waals surface area contributed by atoms with E-state index in [1.54, 1.807) is 13.1 Å². The number of halogens is 1. The Balaban J connectivity index is 2.68. The molecule has 0 aliphatic heterocycles. The normalized spacial score (nSPS) is 12.1. The van der Waals surface area contributed by atoms with Crippen LogP contribution in [0.5, 0.6) is 0 Å². The standard InChI is InChI=1S/C12H11ClN2O2/c1-7(5-11(16)17)10-6-8-9(15(10)2)3-4-14-12(8)13/h3-6H,1-2H3,(H,16,17)/b7-5+. The van der Waals surface area contributed by atoms with Gasteiger partial charge in [0.15, 0.2) is 0 Å². The predicted molar refractivity (Wildman–Crippen MR) is 67.0 cm³/mol. The fraction of sp³-hybridized carbons (Fsp3) is 0.167. The van der Waals surface area contributed by atoms with E-state index in [-0.39, 0.29) is 0 Å². The van der Waals surface area contributed by atoms with E-state index in [2.05, 4.69) is 4.98 Å². The van der Waals surface area contributed by atoms with Gasteiger partial charge in [0.1, 0.15) is 5.15 Å². The van der Waals surface area contributed by atoms with Gasteiger partial charge in [-0.05, 0) is 24.6 Å². The zero-order valence-corrected chi connectivity index (χ0v) is 10.2. The summed E-state index contributed by atoms with van der Waals surface area (Å²) < 4.78 is 1.90. The zero-order valence-electron chi connectivity index (χ0n) is 9.44. The third kappa shape index (κ3) is 2.03. The van der Waals surface area contributed by atoms with Crippen LogP contribution >= 0.6 is 11.6 Å². The molecule has 5 heteroatoms. The van der Waals surface area contributed by atoms with Crippen molar-refractivity contribution in [3.8, 4) is 0 Å². The Labute approximate surface area is 103 Å². The molecule has 4 nitrogen and oxygen atoms in total. The molecule has 0 atom stereocenters. The van der Waals surface area contributed by atoms with E-state index in [0.29, 0.717) is 10.7 Å². The average molecular weight is 251 g/mol. The van der Waals surface area contributed by atoms with Crippen LogP contribution in [0.2, 0.25) is 5.15 Å². The third-order valence-corrected chi connectivity index (χ3v) is 2.97. The van der Waals surface area contributed by atoms with Crippen molar-refractivity contribution in [1.29, 1.82) is 0 Å². The van der Waals surface area contributed by atoms with E-state index >= 15 is 0 Å². The van der Waals surface area contributed by atoms with Gasteiger partial charge >= 0.3 is 5.97 Å². The number of pyridine rings is 1. The van der Waals surface area contributed by atoms with Gasteiger partial charge in [-0.2, -0.15) is 0 Å². The van der Waals surface area contributed by atoms with Crippen molar-refractivity contribution in [1.82, 2.24) is 9.55 Å². The van der Waals surface area contributed by atoms with Crippen LogP contribution in [0.15, 0.2) is 24.4 Å². The number of aromatic nitrogens is 2. The molecular formula is C12H11ClN2O2. The number of carboxylic acid groups (broad SMARTS) is 1. The molecule has 0 amide bonds. The number of nitrogens with zero attached hydrogens (tertiary/aromatic N) is 2. The summed E-state index contributed by atoms with van der Waals surface area (Å²) in [5.74, 6) is -0.961. The summed E-state index contributed by atoms with van der Waals surface area (Å²) in [6.45, 7) is 1.75. The molecule has 2 heterocycles. The van der Waals surface area contributed by atoms with Crippen molar-refractivity contribution in [2.75, 3.05) is 0 Å². The molecule has 0 unspecified atom stereocenters. The van der Waals surface area contributed by atoms with Crippen LogP contribution in [-0.2, 0) is 11.8 Å². The van der Waals surface area contributed by atoms with E-state index in [4.69, 9.17) is 16.7 Å². The number of fused-ring (bicyclic) bond motifs is 1. The molecule has 2 rings (SSSR count). The molecule has 88 valence electrons. The molecule has 2 aromatic rings. The van der Waals surface area contributed by atoms with E-state index in [9.17, 15) is 4.79 Å². The largest absolute Gasteiger partial charge is 0.478 e. The lowest BCUT2D eigenvalue weighted by atomic mass is 10.2. The van der Waals surface area contributed by atoms with Gasteiger partial charge in [-0.25, -0.2) is 9.78 Å². The van der Waals surface area contributed by atoms with E-state index in [0.717, 1.165) is 16.6 Å². The minimum absolute atomic E-state index is 0.424. The molecule has 0 saturated heterocycles. The summed E-state index contributed by atoms with van der Waals surface area (Å²) in [5.41, 5.74) is 2.42. The second kappa shape index (κ2) is 4.22. The van der Waals surface area contributed by atoms with Crippen molar-refractivity contribution < 1.29 is 9.90 Å². The van der Waals surface area contributed by atoms with Crippen molar-refractivity contribution in [3.63, 3.8) is 0 Å². The van der Waals surface area contributed by atoms with Crippen LogP contribution in [0, 0.1) is 0 Å². The molecule has 0 saturated carbocycles. The highest BCUT2D eigenvalue weighted by molar-refractivity contribution is 6.34. The minimum atomic E-state index is -0.961. The molecule has 0 bridgehead atoms. The van der Waals surface area contributed by atoms with Crippen molar-refractivity contribution >= 4 is 34.0 Å². The number of rotatable bonds is 2. The highest BCUT2D eigenvalue weighted by atomic mass is 35.5. The first kappa shape index (κ1) is 11.7. The molecule has 17 heavy (non-hydrogen) atoms. The van der Waals surface area contributed by atoms with Crippen molar-refractivity contribution in [2.45, 2.75) is 6.92 Å². The smallest absolute Gasteiger partial charge is 0.328 e. The van der Waals surface area contributed by atoms with E-state index < -0.39 is 5.97 Å². The van der Waals surface area contributed by atoms with Gasteiger partial charge in [0, 0.05) is 30.4 Å². The Hall–Kier alpha value is -1.81. The average Bonchev–Trinajstić information content (AvgIpc) is 2.57. The molecule has 0 spiro atoms. The Morgan fingerprint density at radius 2 is 2.29 bits per heavy atom. The molecule has 0 aliphatic rings. The van der Waals surface area contributed by atoms with Gasteiger partial charge in [0.2, 0.25) is 0 Å². The maximum absolute atomic E-state index is 10.7. The Bertz CT molecular complexity index is 629. The highest BCUT2D eigenvalue weighted by Gasteiger charge is 2.10. The zero-order chi connectivity index (χ0) is 12.6. The van der Waals surface area contributed by atoms with Crippen LogP contribution in [0.1, 0.15) is 12.6 Å². The number of carbonyl (C=O) groups is 1. The van der Waals surface area contributed by atoms with Gasteiger partial charge in [0.05, 0.1) is 5.52 Å². The summed E-state index contributed by atoms with van der Waals surface area (Å²) in [5, 5.41) is 9.99. The third-order valence-electron chi connectivity index (χ3n) is 2.67. The Morgan fingerprint density at radius 1 is 1.59 bits per heavy atom. The van der Waals surface area contributed by atoms with Gasteiger partial charge in [-0.1, -0.05) is 11.6 Å². The van der Waals surface area contributed by atoms with E-state index in [1.165, 1.54) is 6.08 Å². The lowest BCUT2D eigenvalue weighted by Gasteiger charge is -2.03. The topological polar surface area (TPSA) is 55.1 Å². The second-order valence-electron chi connectivity index (χ2n) is 3.79. The molecular weight excluding hydrogens is 240 g/mol. The lowest BCUT2D eigenvalue weighted by molar-refractivity contribution is -0.131.